The van der Waals surface area contributed by atoms with E-state index in [-0.39, 0.29) is 5.69 Å². The topological polar surface area (TPSA) is 102 Å². The van der Waals surface area contributed by atoms with Crippen molar-refractivity contribution in [3.05, 3.63) is 40.6 Å². The van der Waals surface area contributed by atoms with Crippen LogP contribution < -0.4 is 5.69 Å². The van der Waals surface area contributed by atoms with E-state index in [2.05, 4.69) is 20.3 Å². The standard InChI is InChI=1S/C14H11N5O3S/c1-7-10(23-2)5-9(21-7)13-15-12(18-22-13)8-3-4-11-16-17-14(20)19(11)6-8/h3-6H,1-2H3,(H,17,20). The number of rotatable bonds is 3. The van der Waals surface area contributed by atoms with Gasteiger partial charge in [-0.05, 0) is 25.3 Å². The lowest BCUT2D eigenvalue weighted by atomic mass is 10.2. The molecule has 0 aliphatic rings. The summed E-state index contributed by atoms with van der Waals surface area (Å²) in [5.41, 5.74) is 0.843. The number of thioether (sulfide) groups is 1. The Hall–Kier alpha value is -2.81. The van der Waals surface area contributed by atoms with Crippen LogP contribution in [0.3, 0.4) is 0 Å². The molecule has 0 bridgehead atoms. The van der Waals surface area contributed by atoms with E-state index in [0.29, 0.717) is 28.7 Å². The van der Waals surface area contributed by atoms with E-state index in [1.807, 2.05) is 19.2 Å². The van der Waals surface area contributed by atoms with E-state index < -0.39 is 0 Å². The van der Waals surface area contributed by atoms with Crippen molar-refractivity contribution in [1.29, 1.82) is 0 Å². The molecule has 0 saturated heterocycles. The SMILES string of the molecule is CSc1cc(-c2nc(-c3ccc4n[nH]c(=O)n4c3)no2)oc1C. The van der Waals surface area contributed by atoms with E-state index in [0.717, 1.165) is 10.7 Å². The Labute approximate surface area is 133 Å². The molecule has 9 heteroatoms. The second-order valence-corrected chi connectivity index (χ2v) is 5.68. The third-order valence-corrected chi connectivity index (χ3v) is 4.24. The van der Waals surface area contributed by atoms with Crippen molar-refractivity contribution < 1.29 is 8.94 Å². The maximum Gasteiger partial charge on any atom is 0.347 e. The second kappa shape index (κ2) is 5.13. The van der Waals surface area contributed by atoms with Crippen LogP contribution in [0.5, 0.6) is 0 Å². The summed E-state index contributed by atoms with van der Waals surface area (Å²) in [6.07, 6.45) is 3.58. The van der Waals surface area contributed by atoms with Crippen molar-refractivity contribution in [2.45, 2.75) is 11.8 Å². The average molecular weight is 329 g/mol. The smallest absolute Gasteiger partial charge is 0.347 e. The van der Waals surface area contributed by atoms with Crippen LogP contribution in [0.4, 0.5) is 0 Å². The molecule has 0 aromatic carbocycles. The van der Waals surface area contributed by atoms with E-state index in [4.69, 9.17) is 8.94 Å². The summed E-state index contributed by atoms with van der Waals surface area (Å²) in [7, 11) is 0. The molecule has 8 nitrogen and oxygen atoms in total. The number of hydrogen-bond acceptors (Lipinski definition) is 7. The molecule has 4 aromatic rings. The van der Waals surface area contributed by atoms with Gasteiger partial charge in [-0.1, -0.05) is 5.16 Å². The molecule has 0 aliphatic carbocycles. The molecule has 0 atom stereocenters. The van der Waals surface area contributed by atoms with Crippen LogP contribution in [-0.4, -0.2) is 31.0 Å². The van der Waals surface area contributed by atoms with Gasteiger partial charge in [0.2, 0.25) is 5.82 Å². The minimum absolute atomic E-state index is 0.294. The molecule has 0 fully saturated rings. The van der Waals surface area contributed by atoms with Crippen LogP contribution in [0.1, 0.15) is 5.76 Å². The zero-order valence-corrected chi connectivity index (χ0v) is 13.0. The van der Waals surface area contributed by atoms with E-state index in [1.165, 1.54) is 4.40 Å². The first kappa shape index (κ1) is 13.8. The number of aromatic amines is 1. The number of H-pyrrole nitrogens is 1. The van der Waals surface area contributed by atoms with Crippen molar-refractivity contribution in [1.82, 2.24) is 24.7 Å². The van der Waals surface area contributed by atoms with Gasteiger partial charge >= 0.3 is 5.69 Å². The number of aromatic nitrogens is 5. The highest BCUT2D eigenvalue weighted by Gasteiger charge is 2.16. The molecule has 0 radical (unpaired) electrons. The Morgan fingerprint density at radius 1 is 1.35 bits per heavy atom. The molecule has 23 heavy (non-hydrogen) atoms. The lowest BCUT2D eigenvalue weighted by Crippen LogP contribution is -2.08. The van der Waals surface area contributed by atoms with Gasteiger partial charge in [0.1, 0.15) is 5.76 Å². The van der Waals surface area contributed by atoms with Crippen molar-refractivity contribution in [2.75, 3.05) is 6.26 Å². The Balaban J connectivity index is 1.76. The molecular formula is C14H11N5O3S. The number of pyridine rings is 1. The summed E-state index contributed by atoms with van der Waals surface area (Å²) in [4.78, 5) is 17.0. The quantitative estimate of drug-likeness (QED) is 0.576. The van der Waals surface area contributed by atoms with E-state index >= 15 is 0 Å². The van der Waals surface area contributed by atoms with Crippen molar-refractivity contribution in [3.8, 4) is 23.0 Å². The summed E-state index contributed by atoms with van der Waals surface area (Å²) < 4.78 is 12.3. The number of hydrogen-bond donors (Lipinski definition) is 1. The largest absolute Gasteiger partial charge is 0.455 e. The Bertz CT molecular complexity index is 1060. The zero-order chi connectivity index (χ0) is 16.0. The van der Waals surface area contributed by atoms with Crippen LogP contribution in [0.2, 0.25) is 0 Å². The first-order valence-electron chi connectivity index (χ1n) is 6.71. The lowest BCUT2D eigenvalue weighted by Gasteiger charge is -1.94. The van der Waals surface area contributed by atoms with Gasteiger partial charge < -0.3 is 8.94 Å². The molecule has 0 saturated carbocycles. The van der Waals surface area contributed by atoms with Crippen molar-refractivity contribution >= 4 is 17.4 Å². The van der Waals surface area contributed by atoms with Crippen LogP contribution in [-0.2, 0) is 0 Å². The third-order valence-electron chi connectivity index (χ3n) is 3.40. The Morgan fingerprint density at radius 3 is 3.00 bits per heavy atom. The summed E-state index contributed by atoms with van der Waals surface area (Å²) in [6.45, 7) is 1.88. The normalized spacial score (nSPS) is 11.4. The molecule has 4 rings (SSSR count). The minimum Gasteiger partial charge on any atom is -0.455 e. The third kappa shape index (κ3) is 2.25. The first-order chi connectivity index (χ1) is 11.2. The highest BCUT2D eigenvalue weighted by atomic mass is 32.2. The predicted molar refractivity (Wildman–Crippen MR) is 83.3 cm³/mol. The van der Waals surface area contributed by atoms with Gasteiger partial charge in [0, 0.05) is 22.7 Å². The van der Waals surface area contributed by atoms with Gasteiger partial charge in [-0.15, -0.1) is 11.8 Å². The summed E-state index contributed by atoms with van der Waals surface area (Å²) in [6, 6.07) is 5.33. The fourth-order valence-electron chi connectivity index (χ4n) is 2.25. The molecule has 0 amide bonds. The van der Waals surface area contributed by atoms with Gasteiger partial charge in [0.25, 0.3) is 5.89 Å². The Morgan fingerprint density at radius 2 is 2.22 bits per heavy atom. The monoisotopic (exact) mass is 329 g/mol. The average Bonchev–Trinajstić information content (AvgIpc) is 3.26. The van der Waals surface area contributed by atoms with Crippen LogP contribution >= 0.6 is 11.8 Å². The number of furan rings is 1. The van der Waals surface area contributed by atoms with Crippen LogP contribution in [0.15, 0.2) is 43.0 Å². The highest BCUT2D eigenvalue weighted by molar-refractivity contribution is 7.98. The molecule has 116 valence electrons. The summed E-state index contributed by atoms with van der Waals surface area (Å²) in [5.74, 6) is 1.99. The fourth-order valence-corrected chi connectivity index (χ4v) is 2.81. The summed E-state index contributed by atoms with van der Waals surface area (Å²) >= 11 is 1.59. The van der Waals surface area contributed by atoms with Crippen LogP contribution in [0.25, 0.3) is 28.7 Å². The molecule has 4 aromatic heterocycles. The van der Waals surface area contributed by atoms with Gasteiger partial charge in [-0.2, -0.15) is 10.1 Å². The van der Waals surface area contributed by atoms with Gasteiger partial charge in [-0.3, -0.25) is 0 Å². The summed E-state index contributed by atoms with van der Waals surface area (Å²) in [5, 5.41) is 10.2. The van der Waals surface area contributed by atoms with Crippen molar-refractivity contribution in [2.24, 2.45) is 0 Å². The lowest BCUT2D eigenvalue weighted by molar-refractivity contribution is 0.413. The van der Waals surface area contributed by atoms with Gasteiger partial charge in [0.05, 0.1) is 0 Å². The Kier molecular flexibility index (Phi) is 3.08. The molecule has 0 unspecified atom stereocenters. The zero-order valence-electron chi connectivity index (χ0n) is 12.2. The van der Waals surface area contributed by atoms with Gasteiger partial charge in [-0.25, -0.2) is 14.3 Å². The maximum absolute atomic E-state index is 11.6. The van der Waals surface area contributed by atoms with Crippen molar-refractivity contribution in [3.63, 3.8) is 0 Å². The molecule has 1 N–H and O–H groups in total. The number of nitrogens with one attached hydrogen (secondary N) is 1. The highest BCUT2D eigenvalue weighted by Crippen LogP contribution is 2.30. The number of aryl methyl sites for hydroxylation is 1. The number of nitrogens with zero attached hydrogens (tertiary/aromatic N) is 4. The fraction of sp³-hybridized carbons (Fsp3) is 0.143. The molecular weight excluding hydrogens is 318 g/mol. The minimum atomic E-state index is -0.322. The molecule has 0 aliphatic heterocycles. The predicted octanol–water partition coefficient (Wildman–Crippen LogP) is 2.36. The second-order valence-electron chi connectivity index (χ2n) is 4.83. The molecule has 0 spiro atoms. The first-order valence-corrected chi connectivity index (χ1v) is 7.94. The van der Waals surface area contributed by atoms with E-state index in [9.17, 15) is 4.79 Å². The van der Waals surface area contributed by atoms with Crippen LogP contribution in [0, 0.1) is 6.92 Å². The van der Waals surface area contributed by atoms with E-state index in [1.54, 1.807) is 30.1 Å². The molecule has 4 heterocycles. The number of fused-ring (bicyclic) bond motifs is 1. The van der Waals surface area contributed by atoms with Gasteiger partial charge in [0.15, 0.2) is 11.4 Å². The maximum atomic E-state index is 11.6.